The van der Waals surface area contributed by atoms with Crippen molar-refractivity contribution in [2.24, 2.45) is 0 Å². The number of benzene rings is 2. The quantitative estimate of drug-likeness (QED) is 0.288. The lowest BCUT2D eigenvalue weighted by atomic mass is 9.88. The first-order chi connectivity index (χ1) is 22.4. The van der Waals surface area contributed by atoms with Gasteiger partial charge < -0.3 is 29.3 Å². The van der Waals surface area contributed by atoms with E-state index in [1.54, 1.807) is 37.8 Å². The summed E-state index contributed by atoms with van der Waals surface area (Å²) < 4.78 is 53.1. The second kappa shape index (κ2) is 14.7. The van der Waals surface area contributed by atoms with Crippen molar-refractivity contribution in [2.75, 3.05) is 38.5 Å². The normalized spacial score (nSPS) is 14.6. The van der Waals surface area contributed by atoms with E-state index in [4.69, 9.17) is 9.47 Å². The molecule has 16 heteroatoms. The van der Waals surface area contributed by atoms with Gasteiger partial charge in [-0.3, -0.25) is 14.5 Å². The number of nitrogens with one attached hydrogen (secondary N) is 1. The first-order valence-electron chi connectivity index (χ1n) is 15.1. The summed E-state index contributed by atoms with van der Waals surface area (Å²) in [5, 5.41) is 2.68. The molecule has 0 bridgehead atoms. The molecule has 1 fully saturated rings. The monoisotopic (exact) mass is 693 g/mol. The number of nitrogens with zero attached hydrogens (tertiary/aromatic N) is 4. The second-order valence-electron chi connectivity index (χ2n) is 12.6. The smallest absolute Gasteiger partial charge is 0.445 e. The Morgan fingerprint density at radius 1 is 1.02 bits per heavy atom. The van der Waals surface area contributed by atoms with Gasteiger partial charge in [0.15, 0.2) is 5.13 Å². The maximum Gasteiger partial charge on any atom is 0.573 e. The lowest BCUT2D eigenvalue weighted by Gasteiger charge is -2.46. The standard InChI is InChI=1S/C32H38F3N5O7S/c1-30(2,3)47-28(43)39-15-13-31(4,14-16-39)40(29(44)45-20-21-9-7-6-8-10-21)19-26(42)38(5)18-25(41)37-27-36-23-12-11-22(17-24(23)48-27)46-32(33,34)35/h6-12,17H,13-16,18-20H2,1-5H3,(H,36,37,41). The largest absolute Gasteiger partial charge is 0.573 e. The van der Waals surface area contributed by atoms with Gasteiger partial charge in [0.2, 0.25) is 11.8 Å². The summed E-state index contributed by atoms with van der Waals surface area (Å²) in [4.78, 5) is 60.7. The highest BCUT2D eigenvalue weighted by molar-refractivity contribution is 7.22. The molecule has 1 aromatic heterocycles. The van der Waals surface area contributed by atoms with E-state index in [1.165, 1.54) is 18.0 Å². The average Bonchev–Trinajstić information content (AvgIpc) is 3.38. The lowest BCUT2D eigenvalue weighted by Crippen LogP contribution is -2.59. The number of fused-ring (bicyclic) bond motifs is 1. The second-order valence-corrected chi connectivity index (χ2v) is 13.6. The van der Waals surface area contributed by atoms with Crippen LogP contribution in [0.4, 0.5) is 27.9 Å². The van der Waals surface area contributed by atoms with Crippen molar-refractivity contribution in [3.63, 3.8) is 0 Å². The molecular formula is C32H38F3N5O7S. The predicted molar refractivity (Wildman–Crippen MR) is 171 cm³/mol. The Balaban J connectivity index is 1.41. The number of halogens is 3. The van der Waals surface area contributed by atoms with Gasteiger partial charge in [-0.15, -0.1) is 13.2 Å². The van der Waals surface area contributed by atoms with Crippen molar-refractivity contribution in [3.8, 4) is 5.75 Å². The van der Waals surface area contributed by atoms with Crippen LogP contribution in [-0.2, 0) is 25.7 Å². The minimum atomic E-state index is -4.85. The van der Waals surface area contributed by atoms with Crippen LogP contribution in [0.2, 0.25) is 0 Å². The van der Waals surface area contributed by atoms with Crippen LogP contribution in [0.1, 0.15) is 46.1 Å². The van der Waals surface area contributed by atoms with E-state index in [9.17, 15) is 32.3 Å². The fraction of sp³-hybridized carbons (Fsp3) is 0.469. The van der Waals surface area contributed by atoms with Crippen LogP contribution in [0.3, 0.4) is 0 Å². The van der Waals surface area contributed by atoms with E-state index in [0.29, 0.717) is 23.1 Å². The van der Waals surface area contributed by atoms with E-state index < -0.39 is 60.3 Å². The molecule has 2 aromatic carbocycles. The molecule has 0 radical (unpaired) electrons. The van der Waals surface area contributed by atoms with Gasteiger partial charge >= 0.3 is 18.5 Å². The Labute approximate surface area is 279 Å². The van der Waals surface area contributed by atoms with Crippen LogP contribution < -0.4 is 10.1 Å². The zero-order valence-corrected chi connectivity index (χ0v) is 28.1. The molecular weight excluding hydrogens is 655 g/mol. The minimum absolute atomic E-state index is 0.0191. The van der Waals surface area contributed by atoms with E-state index in [0.717, 1.165) is 33.9 Å². The average molecular weight is 694 g/mol. The number of ether oxygens (including phenoxy) is 3. The number of likely N-dealkylation sites (tertiary alicyclic amines) is 1. The molecule has 4 rings (SSSR count). The Kier molecular flexibility index (Phi) is 11.1. The van der Waals surface area contributed by atoms with E-state index in [2.05, 4.69) is 15.0 Å². The number of likely N-dealkylation sites (N-methyl/N-ethyl adjacent to an activating group) is 1. The van der Waals surface area contributed by atoms with E-state index in [1.807, 2.05) is 25.1 Å². The first-order valence-corrected chi connectivity index (χ1v) is 15.9. The van der Waals surface area contributed by atoms with Crippen molar-refractivity contribution in [1.29, 1.82) is 0 Å². The van der Waals surface area contributed by atoms with Gasteiger partial charge in [0, 0.05) is 31.7 Å². The maximum atomic E-state index is 13.5. The number of hydrogen-bond acceptors (Lipinski definition) is 9. The van der Waals surface area contributed by atoms with E-state index >= 15 is 0 Å². The number of carbonyl (C=O) groups excluding carboxylic acids is 4. The van der Waals surface area contributed by atoms with Crippen molar-refractivity contribution < 1.29 is 46.6 Å². The molecule has 48 heavy (non-hydrogen) atoms. The van der Waals surface area contributed by atoms with Crippen LogP contribution in [0.5, 0.6) is 5.75 Å². The molecule has 0 saturated carbocycles. The number of rotatable bonds is 9. The summed E-state index contributed by atoms with van der Waals surface area (Å²) >= 11 is 0.942. The van der Waals surface area contributed by atoms with Crippen LogP contribution in [-0.4, -0.2) is 94.4 Å². The fourth-order valence-corrected chi connectivity index (χ4v) is 5.82. The van der Waals surface area contributed by atoms with Crippen molar-refractivity contribution in [3.05, 3.63) is 54.1 Å². The number of carbonyl (C=O) groups is 4. The third-order valence-electron chi connectivity index (χ3n) is 7.51. The third-order valence-corrected chi connectivity index (χ3v) is 8.44. The van der Waals surface area contributed by atoms with Gasteiger partial charge in [0.05, 0.1) is 16.8 Å². The SMILES string of the molecule is CN(CC(=O)Nc1nc2ccc(OC(F)(F)F)cc2s1)C(=O)CN(C(=O)OCc1ccccc1)C1(C)CCN(C(=O)OC(C)(C)C)CC1. The Bertz CT molecular complexity index is 1620. The molecule has 12 nitrogen and oxygen atoms in total. The molecule has 0 spiro atoms. The molecule has 3 aromatic rings. The zero-order valence-electron chi connectivity index (χ0n) is 27.3. The Hall–Kier alpha value is -4.60. The number of aromatic nitrogens is 1. The molecule has 2 heterocycles. The number of hydrogen-bond donors (Lipinski definition) is 1. The lowest BCUT2D eigenvalue weighted by molar-refractivity contribution is -0.274. The maximum absolute atomic E-state index is 13.5. The van der Waals surface area contributed by atoms with Gasteiger partial charge in [-0.05, 0) is 58.2 Å². The van der Waals surface area contributed by atoms with Crippen LogP contribution in [0, 0.1) is 0 Å². The molecule has 260 valence electrons. The fourth-order valence-electron chi connectivity index (χ4n) is 4.91. The number of amides is 4. The van der Waals surface area contributed by atoms with Gasteiger partial charge in [-0.1, -0.05) is 41.7 Å². The Morgan fingerprint density at radius 2 is 1.69 bits per heavy atom. The molecule has 1 aliphatic heterocycles. The summed E-state index contributed by atoms with van der Waals surface area (Å²) in [7, 11) is 1.40. The zero-order chi connectivity index (χ0) is 35.3. The number of anilines is 1. The van der Waals surface area contributed by atoms with Crippen LogP contribution in [0.25, 0.3) is 10.2 Å². The van der Waals surface area contributed by atoms with Crippen molar-refractivity contribution in [1.82, 2.24) is 19.7 Å². The summed E-state index contributed by atoms with van der Waals surface area (Å²) in [6.07, 6.45) is -5.35. The molecule has 1 saturated heterocycles. The minimum Gasteiger partial charge on any atom is -0.445 e. The molecule has 0 unspecified atom stereocenters. The third kappa shape index (κ3) is 10.2. The molecule has 4 amide bonds. The van der Waals surface area contributed by atoms with Crippen LogP contribution >= 0.6 is 11.3 Å². The molecule has 1 aliphatic rings. The highest BCUT2D eigenvalue weighted by Gasteiger charge is 2.42. The molecule has 0 aliphatic carbocycles. The summed E-state index contributed by atoms with van der Waals surface area (Å²) in [6, 6.07) is 12.7. The predicted octanol–water partition coefficient (Wildman–Crippen LogP) is 6.02. The van der Waals surface area contributed by atoms with Gasteiger partial charge in [0.25, 0.3) is 0 Å². The van der Waals surface area contributed by atoms with Gasteiger partial charge in [-0.2, -0.15) is 0 Å². The highest BCUT2D eigenvalue weighted by atomic mass is 32.1. The number of alkyl halides is 3. The summed E-state index contributed by atoms with van der Waals surface area (Å²) in [5.74, 6) is -1.57. The van der Waals surface area contributed by atoms with Crippen LogP contribution in [0.15, 0.2) is 48.5 Å². The summed E-state index contributed by atoms with van der Waals surface area (Å²) in [6.45, 7) is 6.90. The molecule has 1 N–H and O–H groups in total. The topological polar surface area (TPSA) is 131 Å². The Morgan fingerprint density at radius 3 is 2.31 bits per heavy atom. The molecule has 0 atom stereocenters. The summed E-state index contributed by atoms with van der Waals surface area (Å²) in [5.41, 5.74) is -0.420. The van der Waals surface area contributed by atoms with Crippen molar-refractivity contribution in [2.45, 2.75) is 64.6 Å². The van der Waals surface area contributed by atoms with Gasteiger partial charge in [0.1, 0.15) is 24.5 Å². The highest BCUT2D eigenvalue weighted by Crippen LogP contribution is 2.32. The number of thiazole rings is 1. The number of piperidine rings is 1. The van der Waals surface area contributed by atoms with E-state index in [-0.39, 0.29) is 24.8 Å². The first kappa shape index (κ1) is 36.2. The van der Waals surface area contributed by atoms with Crippen molar-refractivity contribution >= 4 is 50.7 Å². The van der Waals surface area contributed by atoms with Gasteiger partial charge in [-0.25, -0.2) is 14.6 Å².